The highest BCUT2D eigenvalue weighted by Crippen LogP contribution is 2.24. The van der Waals surface area contributed by atoms with Gasteiger partial charge in [-0.3, -0.25) is 4.79 Å². The first-order chi connectivity index (χ1) is 10.5. The van der Waals surface area contributed by atoms with Crippen molar-refractivity contribution < 1.29 is 23.8 Å². The lowest BCUT2D eigenvalue weighted by Gasteiger charge is -2.38. The number of piperidine rings is 1. The molecular formula is C15H20F2N2O3. The van der Waals surface area contributed by atoms with E-state index in [2.05, 4.69) is 5.32 Å². The highest BCUT2D eigenvalue weighted by Gasteiger charge is 2.41. The predicted octanol–water partition coefficient (Wildman–Crippen LogP) is 0.400. The lowest BCUT2D eigenvalue weighted by atomic mass is 9.91. The van der Waals surface area contributed by atoms with Gasteiger partial charge in [-0.25, -0.2) is 8.78 Å². The number of benzene rings is 1. The average Bonchev–Trinajstić information content (AvgIpc) is 2.48. The number of aliphatic hydroxyl groups excluding tert-OH is 1. The van der Waals surface area contributed by atoms with Crippen molar-refractivity contribution in [3.05, 3.63) is 35.4 Å². The van der Waals surface area contributed by atoms with Crippen molar-refractivity contribution in [2.75, 3.05) is 26.2 Å². The molecule has 0 unspecified atom stereocenters. The van der Waals surface area contributed by atoms with Gasteiger partial charge in [-0.05, 0) is 30.5 Å². The second-order valence-electron chi connectivity index (χ2n) is 5.51. The summed E-state index contributed by atoms with van der Waals surface area (Å²) in [7, 11) is 0. The fourth-order valence-corrected chi connectivity index (χ4v) is 2.61. The van der Waals surface area contributed by atoms with E-state index in [1.165, 1.54) is 11.0 Å². The molecule has 0 aromatic heterocycles. The Morgan fingerprint density at radius 2 is 2.09 bits per heavy atom. The molecule has 1 aromatic carbocycles. The van der Waals surface area contributed by atoms with E-state index in [9.17, 15) is 18.7 Å². The van der Waals surface area contributed by atoms with Gasteiger partial charge in [0.1, 0.15) is 0 Å². The van der Waals surface area contributed by atoms with E-state index < -0.39 is 23.1 Å². The molecule has 1 fully saturated rings. The molecule has 0 radical (unpaired) electrons. The van der Waals surface area contributed by atoms with E-state index in [0.717, 1.165) is 12.1 Å². The lowest BCUT2D eigenvalue weighted by molar-refractivity contribution is -0.157. The average molecular weight is 314 g/mol. The Morgan fingerprint density at radius 1 is 1.32 bits per heavy atom. The zero-order valence-corrected chi connectivity index (χ0v) is 12.2. The summed E-state index contributed by atoms with van der Waals surface area (Å²) in [5, 5.41) is 22.0. The Balaban J connectivity index is 2.04. The number of carbonyl (C=O) groups excluding carboxylic acids is 1. The molecular weight excluding hydrogens is 294 g/mol. The summed E-state index contributed by atoms with van der Waals surface area (Å²) in [5.41, 5.74) is -1.05. The topological polar surface area (TPSA) is 72.8 Å². The molecule has 7 heteroatoms. The third-order valence-corrected chi connectivity index (χ3v) is 3.77. The molecule has 1 aliphatic rings. The minimum atomic E-state index is -1.52. The Labute approximate surface area is 127 Å². The van der Waals surface area contributed by atoms with Crippen LogP contribution in [0.2, 0.25) is 0 Å². The minimum Gasteiger partial charge on any atom is -0.395 e. The van der Waals surface area contributed by atoms with Gasteiger partial charge in [-0.15, -0.1) is 0 Å². The normalized spacial score (nSPS) is 22.2. The molecule has 1 aromatic rings. The Bertz CT molecular complexity index is 542. The molecule has 5 nitrogen and oxygen atoms in total. The largest absolute Gasteiger partial charge is 0.395 e. The van der Waals surface area contributed by atoms with E-state index in [-0.39, 0.29) is 19.7 Å². The van der Waals surface area contributed by atoms with Crippen molar-refractivity contribution in [1.82, 2.24) is 10.2 Å². The summed E-state index contributed by atoms with van der Waals surface area (Å²) < 4.78 is 26.2. The van der Waals surface area contributed by atoms with Crippen LogP contribution in [0.5, 0.6) is 0 Å². The summed E-state index contributed by atoms with van der Waals surface area (Å²) >= 11 is 0. The lowest BCUT2D eigenvalue weighted by Crippen LogP contribution is -2.57. The number of carbonyl (C=O) groups is 1. The van der Waals surface area contributed by atoms with Crippen molar-refractivity contribution in [2.45, 2.75) is 25.0 Å². The summed E-state index contributed by atoms with van der Waals surface area (Å²) in [4.78, 5) is 13.8. The number of likely N-dealkylation sites (tertiary alicyclic amines) is 1. The van der Waals surface area contributed by atoms with Crippen LogP contribution in [0.1, 0.15) is 18.4 Å². The van der Waals surface area contributed by atoms with Crippen LogP contribution in [0.25, 0.3) is 0 Å². The van der Waals surface area contributed by atoms with E-state index in [4.69, 9.17) is 5.11 Å². The molecule has 0 saturated carbocycles. The number of nitrogens with zero attached hydrogens (tertiary/aromatic N) is 1. The summed E-state index contributed by atoms with van der Waals surface area (Å²) in [6, 6.07) is 3.50. The Kier molecular flexibility index (Phi) is 5.44. The number of aliphatic hydroxyl groups is 2. The maximum atomic E-state index is 13.2. The zero-order chi connectivity index (χ0) is 16.2. The van der Waals surface area contributed by atoms with Gasteiger partial charge in [0.25, 0.3) is 5.91 Å². The highest BCUT2D eigenvalue weighted by molar-refractivity contribution is 5.86. The number of hydrogen-bond donors (Lipinski definition) is 3. The fourth-order valence-electron chi connectivity index (χ4n) is 2.61. The van der Waals surface area contributed by atoms with Crippen LogP contribution in [-0.2, 0) is 11.3 Å². The van der Waals surface area contributed by atoms with E-state index >= 15 is 0 Å². The molecule has 22 heavy (non-hydrogen) atoms. The zero-order valence-electron chi connectivity index (χ0n) is 12.2. The van der Waals surface area contributed by atoms with Gasteiger partial charge >= 0.3 is 0 Å². The van der Waals surface area contributed by atoms with Gasteiger partial charge in [-0.2, -0.15) is 0 Å². The van der Waals surface area contributed by atoms with Crippen LogP contribution < -0.4 is 5.32 Å². The van der Waals surface area contributed by atoms with Gasteiger partial charge < -0.3 is 20.4 Å². The molecule has 0 aliphatic carbocycles. The SMILES string of the molecule is O=C1N(Cc2ccc(F)c(F)c2)CCC[C@@]1(O)CNCCO. The number of halogens is 2. The summed E-state index contributed by atoms with van der Waals surface area (Å²) in [6.45, 7) is 0.848. The first kappa shape index (κ1) is 16.8. The molecule has 1 saturated heterocycles. The highest BCUT2D eigenvalue weighted by atomic mass is 19.2. The molecule has 1 amide bonds. The standard InChI is InChI=1S/C15H20F2N2O3/c16-12-3-2-11(8-13(12)17)9-19-6-1-4-15(22,14(19)21)10-18-5-7-20/h2-3,8,18,20,22H,1,4-7,9-10H2/t15-/m1/s1. The van der Waals surface area contributed by atoms with Gasteiger partial charge in [0.05, 0.1) is 6.61 Å². The van der Waals surface area contributed by atoms with E-state index in [1.54, 1.807) is 0 Å². The number of hydrogen-bond acceptors (Lipinski definition) is 4. The molecule has 3 N–H and O–H groups in total. The van der Waals surface area contributed by atoms with Crippen LogP contribution in [0.4, 0.5) is 8.78 Å². The molecule has 0 bridgehead atoms. The number of nitrogens with one attached hydrogen (secondary N) is 1. The van der Waals surface area contributed by atoms with Crippen molar-refractivity contribution in [3.8, 4) is 0 Å². The van der Waals surface area contributed by atoms with Gasteiger partial charge in [-0.1, -0.05) is 6.07 Å². The fraction of sp³-hybridized carbons (Fsp3) is 0.533. The van der Waals surface area contributed by atoms with Gasteiger partial charge in [0.15, 0.2) is 17.2 Å². The maximum absolute atomic E-state index is 13.2. The molecule has 1 heterocycles. The molecule has 2 rings (SSSR count). The maximum Gasteiger partial charge on any atom is 0.256 e. The Hall–Kier alpha value is -1.57. The predicted molar refractivity (Wildman–Crippen MR) is 75.9 cm³/mol. The van der Waals surface area contributed by atoms with Crippen LogP contribution in [0.15, 0.2) is 18.2 Å². The van der Waals surface area contributed by atoms with Gasteiger partial charge in [0.2, 0.25) is 0 Å². The molecule has 1 atom stereocenters. The molecule has 0 spiro atoms. The van der Waals surface area contributed by atoms with E-state index in [0.29, 0.717) is 31.5 Å². The second-order valence-corrected chi connectivity index (χ2v) is 5.51. The number of rotatable bonds is 6. The van der Waals surface area contributed by atoms with Crippen LogP contribution in [0, 0.1) is 11.6 Å². The number of amides is 1. The van der Waals surface area contributed by atoms with Crippen molar-refractivity contribution in [1.29, 1.82) is 0 Å². The third kappa shape index (κ3) is 3.79. The quantitative estimate of drug-likeness (QED) is 0.665. The van der Waals surface area contributed by atoms with Crippen molar-refractivity contribution in [3.63, 3.8) is 0 Å². The monoisotopic (exact) mass is 314 g/mol. The minimum absolute atomic E-state index is 0.0562. The van der Waals surface area contributed by atoms with Crippen molar-refractivity contribution >= 4 is 5.91 Å². The second kappa shape index (κ2) is 7.13. The van der Waals surface area contributed by atoms with Crippen LogP contribution in [0.3, 0.4) is 0 Å². The van der Waals surface area contributed by atoms with Crippen LogP contribution >= 0.6 is 0 Å². The molecule has 1 aliphatic heterocycles. The van der Waals surface area contributed by atoms with Gasteiger partial charge in [0, 0.05) is 26.2 Å². The first-order valence-corrected chi connectivity index (χ1v) is 7.23. The first-order valence-electron chi connectivity index (χ1n) is 7.23. The summed E-state index contributed by atoms with van der Waals surface area (Å²) in [6.07, 6.45) is 0.950. The Morgan fingerprint density at radius 3 is 2.77 bits per heavy atom. The third-order valence-electron chi connectivity index (χ3n) is 3.77. The smallest absolute Gasteiger partial charge is 0.256 e. The van der Waals surface area contributed by atoms with Crippen LogP contribution in [-0.4, -0.2) is 52.9 Å². The van der Waals surface area contributed by atoms with Crippen molar-refractivity contribution in [2.24, 2.45) is 0 Å². The van der Waals surface area contributed by atoms with E-state index in [1.807, 2.05) is 0 Å². The molecule has 122 valence electrons. The summed E-state index contributed by atoms with van der Waals surface area (Å²) in [5.74, 6) is -2.32.